The van der Waals surface area contributed by atoms with Gasteiger partial charge in [-0.3, -0.25) is 28.6 Å². The molecule has 3 atom stereocenters. The van der Waals surface area contributed by atoms with E-state index >= 15 is 0 Å². The number of hydrogen-bond donors (Lipinski definition) is 4. The molecule has 3 aliphatic rings. The van der Waals surface area contributed by atoms with Crippen molar-refractivity contribution in [1.29, 1.82) is 0 Å². The number of aldehydes is 1. The molecule has 0 bridgehead atoms. The van der Waals surface area contributed by atoms with Crippen LogP contribution in [0.5, 0.6) is 0 Å². The van der Waals surface area contributed by atoms with E-state index in [0.29, 0.717) is 34.1 Å². The quantitative estimate of drug-likeness (QED) is 0.0457. The lowest BCUT2D eigenvalue weighted by atomic mass is 9.73. The summed E-state index contributed by atoms with van der Waals surface area (Å²) in [4.78, 5) is 90.7. The molecule has 0 saturated carbocycles. The normalized spacial score (nSPS) is 18.2. The number of rotatable bonds is 19. The number of carboxylic acid groups (broad SMARTS) is 1. The summed E-state index contributed by atoms with van der Waals surface area (Å²) in [6.07, 6.45) is 4.81. The second-order valence-corrected chi connectivity index (χ2v) is 16.6. The molecule has 1 fully saturated rings. The number of oxime groups is 1. The molecule has 4 aromatic rings. The number of methoxy groups -OCH3 is 2. The maximum Gasteiger partial charge on any atom is 0.353 e. The van der Waals surface area contributed by atoms with Gasteiger partial charge >= 0.3 is 11.7 Å². The Bertz CT molecular complexity index is 2620. The van der Waals surface area contributed by atoms with Crippen LogP contribution in [0.15, 0.2) is 121 Å². The summed E-state index contributed by atoms with van der Waals surface area (Å²) in [5.74, 6) is -2.04. The number of allylic oxidation sites excluding steroid dienone is 3. The molecule has 7 rings (SSSR count). The van der Waals surface area contributed by atoms with Gasteiger partial charge in [-0.05, 0) is 11.1 Å². The van der Waals surface area contributed by atoms with Crippen molar-refractivity contribution < 1.29 is 43.7 Å². The fraction of sp³-hybridized carbons (Fsp3) is 0.302. The molecule has 2 amide bonds. The molecule has 2 aromatic heterocycles. The average molecular weight is 913 g/mol. The van der Waals surface area contributed by atoms with Gasteiger partial charge in [0.15, 0.2) is 11.4 Å². The first-order valence-corrected chi connectivity index (χ1v) is 21.6. The molecular weight excluding hydrogens is 869 g/mol. The number of aromatic nitrogens is 3. The number of thioether (sulfide) groups is 1. The molecule has 21 heteroatoms. The third kappa shape index (κ3) is 8.79. The zero-order chi connectivity index (χ0) is 45.5. The Morgan fingerprint density at radius 3 is 2.34 bits per heavy atom. The minimum atomic E-state index is -1.41. The molecule has 0 radical (unpaired) electrons. The van der Waals surface area contributed by atoms with Crippen LogP contribution in [0, 0.1) is 0 Å². The van der Waals surface area contributed by atoms with Gasteiger partial charge in [-0.1, -0.05) is 84.0 Å². The summed E-state index contributed by atoms with van der Waals surface area (Å²) in [5, 5.41) is 32.5. The number of aliphatic carboxylic acids is 1. The zero-order valence-electron chi connectivity index (χ0n) is 34.8. The topological polar surface area (TPSA) is 236 Å². The lowest BCUT2D eigenvalue weighted by molar-refractivity contribution is -0.153. The van der Waals surface area contributed by atoms with E-state index in [9.17, 15) is 39.0 Å². The molecule has 4 N–H and O–H groups in total. The first-order chi connectivity index (χ1) is 31.0. The van der Waals surface area contributed by atoms with E-state index in [-0.39, 0.29) is 42.7 Å². The average Bonchev–Trinajstić information content (AvgIpc) is 3.75. The number of aliphatic hydroxyl groups is 1. The van der Waals surface area contributed by atoms with Gasteiger partial charge < -0.3 is 40.1 Å². The van der Waals surface area contributed by atoms with Crippen molar-refractivity contribution in [3.63, 3.8) is 0 Å². The van der Waals surface area contributed by atoms with Crippen molar-refractivity contribution in [2.24, 2.45) is 5.16 Å². The second-order valence-electron chi connectivity index (χ2n) is 14.6. The first-order valence-electron chi connectivity index (χ1n) is 19.7. The maximum absolute atomic E-state index is 13.4. The molecule has 1 aliphatic carbocycles. The number of nitrogens with one attached hydrogen (secondary N) is 2. The van der Waals surface area contributed by atoms with Crippen LogP contribution in [0.2, 0.25) is 0 Å². The van der Waals surface area contributed by atoms with Crippen LogP contribution >= 0.6 is 23.1 Å². The Labute approximate surface area is 373 Å². The summed E-state index contributed by atoms with van der Waals surface area (Å²) >= 11 is 2.39. The number of benzene rings is 2. The number of anilines is 2. The Morgan fingerprint density at radius 2 is 1.72 bits per heavy atom. The largest absolute Gasteiger partial charge is 0.477 e. The maximum atomic E-state index is 13.4. The van der Waals surface area contributed by atoms with Crippen molar-refractivity contribution in [3.05, 3.63) is 144 Å². The number of likely N-dealkylation sites (N-methyl/N-ethyl adjacent to an activating group) is 1. The third-order valence-electron chi connectivity index (χ3n) is 10.7. The summed E-state index contributed by atoms with van der Waals surface area (Å²) in [6, 6.07) is 18.8. The molecule has 2 aromatic carbocycles. The highest BCUT2D eigenvalue weighted by molar-refractivity contribution is 8.03. The molecular formula is C43H44N8O11S2. The monoisotopic (exact) mass is 912 g/mol. The summed E-state index contributed by atoms with van der Waals surface area (Å²) in [6.45, 7) is -1.05. The predicted molar refractivity (Wildman–Crippen MR) is 237 cm³/mol. The summed E-state index contributed by atoms with van der Waals surface area (Å²) in [7, 11) is 4.21. The van der Waals surface area contributed by atoms with E-state index in [0.717, 1.165) is 36.9 Å². The van der Waals surface area contributed by atoms with Gasteiger partial charge in [0.1, 0.15) is 36.6 Å². The van der Waals surface area contributed by atoms with E-state index in [4.69, 9.17) is 19.3 Å². The highest BCUT2D eigenvalue weighted by atomic mass is 32.2. The van der Waals surface area contributed by atoms with Crippen molar-refractivity contribution in [2.45, 2.75) is 50.2 Å². The van der Waals surface area contributed by atoms with Gasteiger partial charge in [0.25, 0.3) is 17.7 Å². The van der Waals surface area contributed by atoms with Gasteiger partial charge in [-0.25, -0.2) is 19.1 Å². The van der Waals surface area contributed by atoms with E-state index in [2.05, 4.69) is 15.8 Å². The van der Waals surface area contributed by atoms with Crippen LogP contribution in [0.4, 0.5) is 10.9 Å². The summed E-state index contributed by atoms with van der Waals surface area (Å²) in [5.41, 5.74) is 0.167. The minimum absolute atomic E-state index is 0.0361. The molecule has 1 saturated heterocycles. The number of nitrogens with zero attached hydrogens (tertiary/aromatic N) is 6. The van der Waals surface area contributed by atoms with E-state index in [1.54, 1.807) is 5.38 Å². The fourth-order valence-corrected chi connectivity index (χ4v) is 9.64. The van der Waals surface area contributed by atoms with Crippen molar-refractivity contribution in [3.8, 4) is 0 Å². The van der Waals surface area contributed by atoms with Crippen LogP contribution in [-0.4, -0.2) is 111 Å². The third-order valence-corrected chi connectivity index (χ3v) is 12.7. The number of amides is 2. The predicted octanol–water partition coefficient (Wildman–Crippen LogP) is 2.22. The van der Waals surface area contributed by atoms with Crippen LogP contribution in [0.3, 0.4) is 0 Å². The number of β-lactam (4-membered cyclic amide) rings is 1. The Hall–Kier alpha value is -6.65. The molecule has 2 aliphatic heterocycles. The van der Waals surface area contributed by atoms with Crippen LogP contribution < -0.4 is 26.8 Å². The van der Waals surface area contributed by atoms with E-state index in [1.807, 2.05) is 78.9 Å². The van der Waals surface area contributed by atoms with Gasteiger partial charge in [0.05, 0.1) is 30.5 Å². The fourth-order valence-electron chi connectivity index (χ4n) is 7.75. The lowest BCUT2D eigenvalue weighted by Gasteiger charge is -2.49. The standard InChI is InChI=1S/C43H44N8O11S2/c1-48(34-19-35(55)50(25-61-3)42(59)49(34)24-60-2)36(21-53)62-47-30-17-11-10-16-29(30)43(26-12-6-4-7-13-26,27-14-8-5-9-15-27)46-41-44-28(22-64-41)18-33(54)45-37-31-23-63-32(20-52)38(40(57)58)51(31)39(37)56/h4-16,19,21-22,31,36-37,52H,17-18,20,23-25H2,1-3H3,(H,44,46)(H,45,54)(H,57,58). The van der Waals surface area contributed by atoms with Gasteiger partial charge in [0, 0.05) is 55.4 Å². The zero-order valence-corrected chi connectivity index (χ0v) is 36.4. The smallest absolute Gasteiger partial charge is 0.353 e. The number of carbonyl (C=O) groups excluding carboxylic acids is 3. The highest BCUT2D eigenvalue weighted by Crippen LogP contribution is 2.43. The summed E-state index contributed by atoms with van der Waals surface area (Å²) < 4.78 is 12.3. The van der Waals surface area contributed by atoms with E-state index in [1.165, 1.54) is 43.6 Å². The number of ether oxygens (including phenoxy) is 2. The number of thiazole rings is 1. The number of fused-ring (bicyclic) bond motifs is 1. The SMILES string of the molecule is COCn1c(N(C)C(C=O)ON=C2CC=CC=C2C(Nc2nc(CC(=O)NC3C(=O)N4C(C(=O)O)=C(CO)SCC34)cs2)(c2ccccc2)c2ccccc2)cc(=O)n(COC)c1=O. The molecule has 4 heterocycles. The van der Waals surface area contributed by atoms with Crippen LogP contribution in [0.25, 0.3) is 0 Å². The molecule has 64 heavy (non-hydrogen) atoms. The van der Waals surface area contributed by atoms with Crippen LogP contribution in [-0.2, 0) is 58.9 Å². The minimum Gasteiger partial charge on any atom is -0.477 e. The van der Waals surface area contributed by atoms with Gasteiger partial charge in [-0.15, -0.1) is 23.1 Å². The number of carbonyl (C=O) groups is 4. The highest BCUT2D eigenvalue weighted by Gasteiger charge is 2.53. The number of aliphatic hydroxyl groups excluding tert-OH is 1. The number of hydrogen-bond acceptors (Lipinski definition) is 16. The van der Waals surface area contributed by atoms with Gasteiger partial charge in [-0.2, -0.15) is 0 Å². The van der Waals surface area contributed by atoms with Crippen molar-refractivity contribution in [2.75, 3.05) is 43.8 Å². The van der Waals surface area contributed by atoms with Crippen LogP contribution in [0.1, 0.15) is 23.2 Å². The lowest BCUT2D eigenvalue weighted by Crippen LogP contribution is -2.72. The Kier molecular flexibility index (Phi) is 14.0. The molecule has 3 unspecified atom stereocenters. The molecule has 0 spiro atoms. The first kappa shape index (κ1) is 45.4. The van der Waals surface area contributed by atoms with Gasteiger partial charge in [0.2, 0.25) is 5.91 Å². The Morgan fingerprint density at radius 1 is 1.05 bits per heavy atom. The second kappa shape index (κ2) is 19.8. The molecule has 19 nitrogen and oxygen atoms in total. The molecule has 334 valence electrons. The van der Waals surface area contributed by atoms with E-state index < -0.39 is 59.5 Å². The van der Waals surface area contributed by atoms with Crippen molar-refractivity contribution >= 4 is 63.8 Å². The Balaban J connectivity index is 1.18. The number of carboxylic acids is 1. The van der Waals surface area contributed by atoms with Crippen molar-refractivity contribution in [1.82, 2.24) is 24.3 Å².